The third-order valence-corrected chi connectivity index (χ3v) is 5.37. The molecular weight excluding hydrogens is 348 g/mol. The summed E-state index contributed by atoms with van der Waals surface area (Å²) in [5, 5.41) is 1.57. The topological polar surface area (TPSA) is 60.4 Å². The SMILES string of the molecule is O=Cc1ccc2ccccc2c1S(=O)(=O)OCc1ccccc1Cl. The second-order valence-electron chi connectivity index (χ2n) is 5.13. The number of hydrogen-bond acceptors (Lipinski definition) is 4. The summed E-state index contributed by atoms with van der Waals surface area (Å²) in [5.74, 6) is 0. The zero-order valence-electron chi connectivity index (χ0n) is 12.5. The smallest absolute Gasteiger partial charge is 0.298 e. The second kappa shape index (κ2) is 6.73. The van der Waals surface area contributed by atoms with E-state index in [1.54, 1.807) is 54.6 Å². The van der Waals surface area contributed by atoms with Gasteiger partial charge in [0.15, 0.2) is 6.29 Å². The summed E-state index contributed by atoms with van der Waals surface area (Å²) in [6.07, 6.45) is 0.512. The first-order valence-electron chi connectivity index (χ1n) is 7.13. The molecule has 0 bridgehead atoms. The maximum Gasteiger partial charge on any atom is 0.298 e. The van der Waals surface area contributed by atoms with Crippen LogP contribution in [0.25, 0.3) is 10.8 Å². The van der Waals surface area contributed by atoms with Crippen LogP contribution in [0.15, 0.2) is 65.6 Å². The Hall–Kier alpha value is -2.21. The van der Waals surface area contributed by atoms with Crippen molar-refractivity contribution in [2.45, 2.75) is 11.5 Å². The monoisotopic (exact) mass is 360 g/mol. The Morgan fingerprint density at radius 2 is 1.67 bits per heavy atom. The van der Waals surface area contributed by atoms with Gasteiger partial charge < -0.3 is 0 Å². The average Bonchev–Trinajstić information content (AvgIpc) is 2.60. The van der Waals surface area contributed by atoms with Crippen LogP contribution in [-0.2, 0) is 20.9 Å². The fourth-order valence-electron chi connectivity index (χ4n) is 2.45. The summed E-state index contributed by atoms with van der Waals surface area (Å²) in [7, 11) is -4.13. The van der Waals surface area contributed by atoms with Crippen molar-refractivity contribution in [3.63, 3.8) is 0 Å². The molecule has 0 atom stereocenters. The Bertz CT molecular complexity index is 1010. The van der Waals surface area contributed by atoms with Gasteiger partial charge in [-0.1, -0.05) is 60.1 Å². The molecule has 0 aromatic heterocycles. The van der Waals surface area contributed by atoms with Gasteiger partial charge in [-0.2, -0.15) is 8.42 Å². The molecule has 0 saturated heterocycles. The standard InChI is InChI=1S/C18H13ClO4S/c19-17-8-4-2-6-15(17)12-23-24(21,22)18-14(11-20)10-9-13-5-1-3-7-16(13)18/h1-11H,12H2. The number of carbonyl (C=O) groups excluding carboxylic acids is 1. The van der Waals surface area contributed by atoms with Crippen LogP contribution < -0.4 is 0 Å². The van der Waals surface area contributed by atoms with Crippen LogP contribution in [0.1, 0.15) is 15.9 Å². The third-order valence-electron chi connectivity index (χ3n) is 3.61. The normalized spacial score (nSPS) is 11.5. The lowest BCUT2D eigenvalue weighted by molar-refractivity contribution is 0.112. The Balaban J connectivity index is 2.05. The second-order valence-corrected chi connectivity index (χ2v) is 7.09. The zero-order valence-corrected chi connectivity index (χ0v) is 14.0. The Morgan fingerprint density at radius 3 is 2.42 bits per heavy atom. The van der Waals surface area contributed by atoms with E-state index in [4.69, 9.17) is 15.8 Å². The van der Waals surface area contributed by atoms with E-state index in [0.717, 1.165) is 0 Å². The molecule has 3 aromatic rings. The highest BCUT2D eigenvalue weighted by atomic mass is 35.5. The number of rotatable bonds is 5. The van der Waals surface area contributed by atoms with E-state index in [1.165, 1.54) is 6.07 Å². The number of fused-ring (bicyclic) bond motifs is 1. The first kappa shape index (κ1) is 16.6. The molecule has 0 heterocycles. The highest BCUT2D eigenvalue weighted by Crippen LogP contribution is 2.28. The van der Waals surface area contributed by atoms with Gasteiger partial charge in [0, 0.05) is 16.0 Å². The van der Waals surface area contributed by atoms with Gasteiger partial charge in [0.1, 0.15) is 4.90 Å². The number of aldehydes is 1. The molecule has 0 amide bonds. The molecule has 3 rings (SSSR count). The molecule has 0 aliphatic carbocycles. The first-order valence-corrected chi connectivity index (χ1v) is 8.91. The Kier molecular flexibility index (Phi) is 4.66. The Labute approximate surface area is 144 Å². The van der Waals surface area contributed by atoms with Gasteiger partial charge in [0.05, 0.1) is 6.61 Å². The predicted octanol–water partition coefficient (Wildman–Crippen LogP) is 4.21. The van der Waals surface area contributed by atoms with Crippen molar-refractivity contribution in [1.29, 1.82) is 0 Å². The van der Waals surface area contributed by atoms with Gasteiger partial charge in [-0.15, -0.1) is 0 Å². The molecule has 0 spiro atoms. The summed E-state index contributed by atoms with van der Waals surface area (Å²) in [6, 6.07) is 16.9. The van der Waals surface area contributed by atoms with Gasteiger partial charge in [-0.05, 0) is 23.1 Å². The predicted molar refractivity (Wildman–Crippen MR) is 92.8 cm³/mol. The van der Waals surface area contributed by atoms with Gasteiger partial charge >= 0.3 is 0 Å². The maximum atomic E-state index is 12.7. The lowest BCUT2D eigenvalue weighted by Crippen LogP contribution is -2.10. The lowest BCUT2D eigenvalue weighted by Gasteiger charge is -2.11. The highest BCUT2D eigenvalue weighted by molar-refractivity contribution is 7.87. The molecule has 24 heavy (non-hydrogen) atoms. The molecular formula is C18H13ClO4S. The van der Waals surface area contributed by atoms with E-state index in [1.807, 2.05) is 0 Å². The summed E-state index contributed by atoms with van der Waals surface area (Å²) >= 11 is 6.02. The van der Waals surface area contributed by atoms with Crippen LogP contribution in [0.4, 0.5) is 0 Å². The molecule has 4 nitrogen and oxygen atoms in total. The van der Waals surface area contributed by atoms with E-state index in [-0.39, 0.29) is 17.1 Å². The zero-order chi connectivity index (χ0) is 17.2. The van der Waals surface area contributed by atoms with E-state index >= 15 is 0 Å². The fourth-order valence-corrected chi connectivity index (χ4v) is 3.90. The minimum Gasteiger partial charge on any atom is -0.298 e. The van der Waals surface area contributed by atoms with Crippen molar-refractivity contribution in [1.82, 2.24) is 0 Å². The summed E-state index contributed by atoms with van der Waals surface area (Å²) in [5.41, 5.74) is 0.614. The molecule has 122 valence electrons. The van der Waals surface area contributed by atoms with E-state index in [9.17, 15) is 13.2 Å². The molecule has 0 unspecified atom stereocenters. The van der Waals surface area contributed by atoms with E-state index in [0.29, 0.717) is 27.6 Å². The minimum absolute atomic E-state index is 0.0628. The molecule has 0 saturated carbocycles. The molecule has 0 radical (unpaired) electrons. The van der Waals surface area contributed by atoms with Gasteiger partial charge in [-0.25, -0.2) is 0 Å². The molecule has 0 aliphatic heterocycles. The van der Waals surface area contributed by atoms with Gasteiger partial charge in [-0.3, -0.25) is 8.98 Å². The quantitative estimate of drug-likeness (QED) is 0.505. The Morgan fingerprint density at radius 1 is 0.958 bits per heavy atom. The largest absolute Gasteiger partial charge is 0.298 e. The molecule has 0 N–H and O–H groups in total. The third kappa shape index (κ3) is 3.19. The fraction of sp³-hybridized carbons (Fsp3) is 0.0556. The average molecular weight is 361 g/mol. The van der Waals surface area contributed by atoms with Crippen molar-refractivity contribution in [3.8, 4) is 0 Å². The maximum absolute atomic E-state index is 12.7. The molecule has 0 aliphatic rings. The van der Waals surface area contributed by atoms with Gasteiger partial charge in [0.25, 0.3) is 10.1 Å². The van der Waals surface area contributed by atoms with Crippen LogP contribution in [0.2, 0.25) is 5.02 Å². The first-order chi connectivity index (χ1) is 11.5. The molecule has 6 heteroatoms. The van der Waals surface area contributed by atoms with Crippen LogP contribution in [0.5, 0.6) is 0 Å². The highest BCUT2D eigenvalue weighted by Gasteiger charge is 2.23. The number of benzene rings is 3. The van der Waals surface area contributed by atoms with Crippen molar-refractivity contribution in [2.75, 3.05) is 0 Å². The van der Waals surface area contributed by atoms with Crippen LogP contribution in [0, 0.1) is 0 Å². The summed E-state index contributed by atoms with van der Waals surface area (Å²) < 4.78 is 30.5. The van der Waals surface area contributed by atoms with Crippen LogP contribution in [-0.4, -0.2) is 14.7 Å². The van der Waals surface area contributed by atoms with Crippen molar-refractivity contribution < 1.29 is 17.4 Å². The van der Waals surface area contributed by atoms with Crippen molar-refractivity contribution in [2.24, 2.45) is 0 Å². The van der Waals surface area contributed by atoms with Crippen LogP contribution in [0.3, 0.4) is 0 Å². The number of carbonyl (C=O) groups is 1. The lowest BCUT2D eigenvalue weighted by atomic mass is 10.1. The van der Waals surface area contributed by atoms with Gasteiger partial charge in [0.2, 0.25) is 0 Å². The molecule has 0 fully saturated rings. The van der Waals surface area contributed by atoms with Crippen molar-refractivity contribution >= 4 is 38.8 Å². The van der Waals surface area contributed by atoms with E-state index < -0.39 is 10.1 Å². The molecule has 3 aromatic carbocycles. The minimum atomic E-state index is -4.13. The van der Waals surface area contributed by atoms with Crippen molar-refractivity contribution in [3.05, 3.63) is 76.8 Å². The summed E-state index contributed by atoms with van der Waals surface area (Å²) in [4.78, 5) is 11.2. The number of halogens is 1. The summed E-state index contributed by atoms with van der Waals surface area (Å²) in [6.45, 7) is -0.205. The van der Waals surface area contributed by atoms with E-state index in [2.05, 4.69) is 0 Å². The number of hydrogen-bond donors (Lipinski definition) is 0. The van der Waals surface area contributed by atoms with Crippen LogP contribution >= 0.6 is 11.6 Å².